The van der Waals surface area contributed by atoms with Crippen LogP contribution in [0.5, 0.6) is 0 Å². The van der Waals surface area contributed by atoms with E-state index >= 15 is 0 Å². The van der Waals surface area contributed by atoms with Crippen LogP contribution in [0.25, 0.3) is 0 Å². The molecule has 0 aromatic carbocycles. The highest BCUT2D eigenvalue weighted by atomic mass is 79.9. The Kier molecular flexibility index (Phi) is 3.89. The van der Waals surface area contributed by atoms with E-state index < -0.39 is 0 Å². The van der Waals surface area contributed by atoms with Crippen LogP contribution < -0.4 is 0 Å². The van der Waals surface area contributed by atoms with E-state index in [0.717, 1.165) is 6.42 Å². The summed E-state index contributed by atoms with van der Waals surface area (Å²) in [5, 5.41) is -0.222. The van der Waals surface area contributed by atoms with Crippen molar-refractivity contribution in [3.63, 3.8) is 0 Å². The zero-order valence-electron chi connectivity index (χ0n) is 7.24. The van der Waals surface area contributed by atoms with E-state index in [4.69, 9.17) is 4.74 Å². The van der Waals surface area contributed by atoms with Gasteiger partial charge >= 0.3 is 5.97 Å². The second-order valence-corrected chi connectivity index (χ2v) is 3.49. The number of carbonyl (C=O) groups is 1. The van der Waals surface area contributed by atoms with Gasteiger partial charge in [0, 0.05) is 12.4 Å². The Labute approximate surface area is 85.3 Å². The normalized spacial score (nSPS) is 12.2. The van der Waals surface area contributed by atoms with E-state index in [-0.39, 0.29) is 11.0 Å². The van der Waals surface area contributed by atoms with Crippen LogP contribution in [0.15, 0.2) is 24.5 Å². The lowest BCUT2D eigenvalue weighted by Crippen LogP contribution is -2.11. The van der Waals surface area contributed by atoms with Crippen molar-refractivity contribution in [3.8, 4) is 0 Å². The van der Waals surface area contributed by atoms with E-state index in [1.54, 1.807) is 18.3 Å². The van der Waals surface area contributed by atoms with Crippen LogP contribution in [0.2, 0.25) is 0 Å². The predicted molar refractivity (Wildman–Crippen MR) is 52.7 cm³/mol. The molecule has 1 aromatic rings. The molecule has 1 atom stereocenters. The molecule has 1 heterocycles. The van der Waals surface area contributed by atoms with Crippen molar-refractivity contribution >= 4 is 21.9 Å². The van der Waals surface area contributed by atoms with Crippen molar-refractivity contribution in [2.75, 3.05) is 0 Å². The number of carbonyl (C=O) groups excluding carboxylic acids is 1. The largest absolute Gasteiger partial charge is 0.447 e. The molecule has 0 aliphatic heterocycles. The Morgan fingerprint density at radius 3 is 3.08 bits per heavy atom. The van der Waals surface area contributed by atoms with Crippen LogP contribution in [-0.4, -0.2) is 16.0 Å². The summed E-state index contributed by atoms with van der Waals surface area (Å²) in [6.07, 6.45) is 3.84. The molecule has 1 aromatic heterocycles. The predicted octanol–water partition coefficient (Wildman–Crippen LogP) is 2.37. The maximum absolute atomic E-state index is 11.3. The van der Waals surface area contributed by atoms with Crippen LogP contribution in [-0.2, 0) is 4.74 Å². The number of hydrogen-bond acceptors (Lipinski definition) is 3. The zero-order chi connectivity index (χ0) is 9.68. The highest BCUT2D eigenvalue weighted by molar-refractivity contribution is 9.09. The highest BCUT2D eigenvalue weighted by Gasteiger charge is 2.10. The number of rotatable bonds is 3. The lowest BCUT2D eigenvalue weighted by molar-refractivity contribution is 0.0464. The Morgan fingerprint density at radius 2 is 2.54 bits per heavy atom. The van der Waals surface area contributed by atoms with Gasteiger partial charge in [-0.1, -0.05) is 6.92 Å². The average molecular weight is 244 g/mol. The summed E-state index contributed by atoms with van der Waals surface area (Å²) in [5.74, 6) is -0.350. The minimum atomic E-state index is -0.350. The maximum Gasteiger partial charge on any atom is 0.340 e. The number of pyridine rings is 1. The molecule has 0 spiro atoms. The summed E-state index contributed by atoms with van der Waals surface area (Å²) in [4.78, 5) is 15.1. The molecule has 0 bridgehead atoms. The summed E-state index contributed by atoms with van der Waals surface area (Å²) in [5.41, 5.74) is 0.473. The molecule has 0 radical (unpaired) electrons. The lowest BCUT2D eigenvalue weighted by Gasteiger charge is -2.08. The lowest BCUT2D eigenvalue weighted by atomic mass is 10.3. The van der Waals surface area contributed by atoms with Crippen molar-refractivity contribution in [3.05, 3.63) is 30.1 Å². The quantitative estimate of drug-likeness (QED) is 0.605. The van der Waals surface area contributed by atoms with Crippen molar-refractivity contribution in [2.24, 2.45) is 0 Å². The average Bonchev–Trinajstić information content (AvgIpc) is 2.19. The summed E-state index contributed by atoms with van der Waals surface area (Å²) in [6.45, 7) is 1.93. The summed E-state index contributed by atoms with van der Waals surface area (Å²) in [6, 6.07) is 3.37. The fourth-order valence-corrected chi connectivity index (χ4v) is 0.921. The van der Waals surface area contributed by atoms with Crippen molar-refractivity contribution in [2.45, 2.75) is 18.4 Å². The minimum Gasteiger partial charge on any atom is -0.447 e. The number of alkyl halides is 1. The third kappa shape index (κ3) is 3.14. The van der Waals surface area contributed by atoms with Gasteiger partial charge in [-0.3, -0.25) is 4.98 Å². The van der Waals surface area contributed by atoms with Crippen molar-refractivity contribution in [1.29, 1.82) is 0 Å². The highest BCUT2D eigenvalue weighted by Crippen LogP contribution is 2.09. The molecule has 0 N–H and O–H groups in total. The van der Waals surface area contributed by atoms with Gasteiger partial charge in [0.1, 0.15) is 0 Å². The summed E-state index contributed by atoms with van der Waals surface area (Å²) < 4.78 is 5.02. The van der Waals surface area contributed by atoms with E-state index in [2.05, 4.69) is 20.9 Å². The molecule has 0 aliphatic rings. The second kappa shape index (κ2) is 4.97. The molecule has 1 rings (SSSR count). The van der Waals surface area contributed by atoms with Crippen LogP contribution in [0, 0.1) is 0 Å². The number of halogens is 1. The first kappa shape index (κ1) is 10.2. The third-order valence-corrected chi connectivity index (χ3v) is 2.29. The Hall–Kier alpha value is -0.900. The molecule has 0 amide bonds. The molecule has 70 valence electrons. The first-order chi connectivity index (χ1) is 6.24. The number of aromatic nitrogens is 1. The number of esters is 1. The van der Waals surface area contributed by atoms with Crippen molar-refractivity contribution < 1.29 is 9.53 Å². The second-order valence-electron chi connectivity index (χ2n) is 2.47. The zero-order valence-corrected chi connectivity index (χ0v) is 8.82. The molecule has 13 heavy (non-hydrogen) atoms. The first-order valence-electron chi connectivity index (χ1n) is 3.99. The minimum absolute atomic E-state index is 0.222. The number of nitrogens with zero attached hydrogens (tertiary/aromatic N) is 1. The Morgan fingerprint density at radius 1 is 1.77 bits per heavy atom. The monoisotopic (exact) mass is 243 g/mol. The van der Waals surface area contributed by atoms with Gasteiger partial charge in [-0.05, 0) is 34.5 Å². The standard InChI is InChI=1S/C9H10BrNO2/c1-2-8(10)13-9(12)7-4-3-5-11-6-7/h3-6,8H,2H2,1H3. The van der Waals surface area contributed by atoms with Gasteiger partial charge in [0.05, 0.1) is 5.56 Å². The number of ether oxygens (including phenoxy) is 1. The van der Waals surface area contributed by atoms with Gasteiger partial charge in [0.25, 0.3) is 0 Å². The van der Waals surface area contributed by atoms with Crippen LogP contribution in [0.4, 0.5) is 0 Å². The van der Waals surface area contributed by atoms with E-state index in [0.29, 0.717) is 5.56 Å². The van der Waals surface area contributed by atoms with Gasteiger partial charge in [0.2, 0.25) is 0 Å². The van der Waals surface area contributed by atoms with E-state index in [9.17, 15) is 4.79 Å². The molecule has 3 nitrogen and oxygen atoms in total. The van der Waals surface area contributed by atoms with E-state index in [1.807, 2.05) is 6.92 Å². The Bertz CT molecular complexity index is 276. The molecular formula is C9H10BrNO2. The molecule has 4 heteroatoms. The molecule has 0 fully saturated rings. The molecule has 0 saturated carbocycles. The molecule has 0 aliphatic carbocycles. The smallest absolute Gasteiger partial charge is 0.340 e. The maximum atomic E-state index is 11.3. The Balaban J connectivity index is 2.59. The summed E-state index contributed by atoms with van der Waals surface area (Å²) >= 11 is 3.21. The van der Waals surface area contributed by atoms with Crippen LogP contribution >= 0.6 is 15.9 Å². The van der Waals surface area contributed by atoms with Gasteiger partial charge in [-0.2, -0.15) is 0 Å². The van der Waals surface area contributed by atoms with Gasteiger partial charge in [-0.25, -0.2) is 4.79 Å². The number of hydrogen-bond donors (Lipinski definition) is 0. The van der Waals surface area contributed by atoms with Gasteiger partial charge < -0.3 is 4.74 Å². The molecule has 1 unspecified atom stereocenters. The summed E-state index contributed by atoms with van der Waals surface area (Å²) in [7, 11) is 0. The first-order valence-corrected chi connectivity index (χ1v) is 4.90. The fourth-order valence-electron chi connectivity index (χ4n) is 0.751. The fraction of sp³-hybridized carbons (Fsp3) is 0.333. The van der Waals surface area contributed by atoms with Crippen molar-refractivity contribution in [1.82, 2.24) is 4.98 Å². The molecular weight excluding hydrogens is 234 g/mol. The van der Waals surface area contributed by atoms with Crippen LogP contribution in [0.3, 0.4) is 0 Å². The van der Waals surface area contributed by atoms with Crippen LogP contribution in [0.1, 0.15) is 23.7 Å². The topological polar surface area (TPSA) is 39.2 Å². The molecule has 0 saturated heterocycles. The van der Waals surface area contributed by atoms with Gasteiger partial charge in [-0.15, -0.1) is 0 Å². The van der Waals surface area contributed by atoms with E-state index in [1.165, 1.54) is 6.20 Å². The third-order valence-electron chi connectivity index (χ3n) is 1.45. The van der Waals surface area contributed by atoms with Gasteiger partial charge in [0.15, 0.2) is 5.01 Å². The SMILES string of the molecule is CCC(Br)OC(=O)c1cccnc1.